The largest absolute Gasteiger partial charge is 0.481 e. The lowest BCUT2D eigenvalue weighted by Crippen LogP contribution is -2.31. The summed E-state index contributed by atoms with van der Waals surface area (Å²) in [5, 5.41) is 9.17. The van der Waals surface area contributed by atoms with E-state index < -0.39 is 17.3 Å². The first-order valence-corrected chi connectivity index (χ1v) is 5.81. The van der Waals surface area contributed by atoms with E-state index in [-0.39, 0.29) is 0 Å². The number of aliphatic carboxylic acids is 1. The summed E-state index contributed by atoms with van der Waals surface area (Å²) in [6, 6.07) is 6.92. The van der Waals surface area contributed by atoms with Crippen molar-refractivity contribution in [3.05, 3.63) is 29.8 Å². The molecule has 0 bridgehead atoms. The average molecular weight is 248 g/mol. The third-order valence-corrected chi connectivity index (χ3v) is 3.51. The van der Waals surface area contributed by atoms with Gasteiger partial charge in [-0.25, -0.2) is 0 Å². The number of rotatable bonds is 3. The average Bonchev–Trinajstić information content (AvgIpc) is 2.73. The van der Waals surface area contributed by atoms with E-state index in [9.17, 15) is 9.59 Å². The van der Waals surface area contributed by atoms with Gasteiger partial charge in [0.1, 0.15) is 0 Å². The fourth-order valence-electron chi connectivity index (χ4n) is 2.19. The number of benzene rings is 1. The first-order valence-electron chi connectivity index (χ1n) is 5.81. The standard InChI is InChI=1S/C13H16N2O3/c1-13(12(17)18)6-7-15(8-13)10-4-2-9(3-5-10)11(14)16/h2-5H,6-8H2,1H3,(H2,14,16)(H,17,18). The monoisotopic (exact) mass is 248 g/mol. The summed E-state index contributed by atoms with van der Waals surface area (Å²) in [6.07, 6.45) is 0.625. The summed E-state index contributed by atoms with van der Waals surface area (Å²) in [6.45, 7) is 2.95. The molecule has 1 aromatic carbocycles. The van der Waals surface area contributed by atoms with E-state index in [1.165, 1.54) is 0 Å². The van der Waals surface area contributed by atoms with E-state index in [0.29, 0.717) is 25.1 Å². The number of hydrogen-bond acceptors (Lipinski definition) is 3. The smallest absolute Gasteiger partial charge is 0.311 e. The van der Waals surface area contributed by atoms with E-state index in [4.69, 9.17) is 10.8 Å². The normalized spacial score (nSPS) is 23.1. The number of carbonyl (C=O) groups excluding carboxylic acids is 1. The van der Waals surface area contributed by atoms with E-state index in [1.54, 1.807) is 31.2 Å². The first kappa shape index (κ1) is 12.4. The van der Waals surface area contributed by atoms with Gasteiger partial charge in [0, 0.05) is 24.3 Å². The first-order chi connectivity index (χ1) is 8.42. The Morgan fingerprint density at radius 3 is 2.39 bits per heavy atom. The lowest BCUT2D eigenvalue weighted by atomic mass is 9.90. The molecule has 0 aliphatic carbocycles. The minimum atomic E-state index is -0.765. The van der Waals surface area contributed by atoms with Crippen molar-refractivity contribution in [1.82, 2.24) is 0 Å². The Bertz CT molecular complexity index is 484. The van der Waals surface area contributed by atoms with Crippen molar-refractivity contribution in [2.75, 3.05) is 18.0 Å². The molecule has 96 valence electrons. The van der Waals surface area contributed by atoms with Crippen LogP contribution in [0.5, 0.6) is 0 Å². The summed E-state index contributed by atoms with van der Waals surface area (Å²) >= 11 is 0. The quantitative estimate of drug-likeness (QED) is 0.838. The Hall–Kier alpha value is -2.04. The van der Waals surface area contributed by atoms with Gasteiger partial charge < -0.3 is 15.7 Å². The van der Waals surface area contributed by atoms with Crippen LogP contribution in [0, 0.1) is 5.41 Å². The molecule has 3 N–H and O–H groups in total. The fraction of sp³-hybridized carbons (Fsp3) is 0.385. The van der Waals surface area contributed by atoms with Gasteiger partial charge in [-0.15, -0.1) is 0 Å². The predicted molar refractivity (Wildman–Crippen MR) is 67.5 cm³/mol. The number of carbonyl (C=O) groups is 2. The third-order valence-electron chi connectivity index (χ3n) is 3.51. The molecule has 18 heavy (non-hydrogen) atoms. The van der Waals surface area contributed by atoms with Crippen LogP contribution in [0.4, 0.5) is 5.69 Å². The molecule has 0 saturated carbocycles. The molecule has 1 amide bonds. The molecule has 1 heterocycles. The maximum atomic E-state index is 11.2. The number of hydrogen-bond donors (Lipinski definition) is 2. The van der Waals surface area contributed by atoms with Crippen LogP contribution < -0.4 is 10.6 Å². The van der Waals surface area contributed by atoms with Crippen LogP contribution in [-0.4, -0.2) is 30.1 Å². The van der Waals surface area contributed by atoms with Crippen molar-refractivity contribution in [3.63, 3.8) is 0 Å². The molecule has 5 heteroatoms. The molecule has 1 fully saturated rings. The van der Waals surface area contributed by atoms with Gasteiger partial charge in [-0.2, -0.15) is 0 Å². The molecule has 0 aromatic heterocycles. The van der Waals surface area contributed by atoms with Gasteiger partial charge in [-0.3, -0.25) is 9.59 Å². The highest BCUT2D eigenvalue weighted by molar-refractivity contribution is 5.93. The fourth-order valence-corrected chi connectivity index (χ4v) is 2.19. The summed E-state index contributed by atoms with van der Waals surface area (Å²) in [5.74, 6) is -1.22. The molecular formula is C13H16N2O3. The molecule has 2 rings (SSSR count). The second-order valence-corrected chi connectivity index (χ2v) is 4.95. The van der Waals surface area contributed by atoms with Crippen molar-refractivity contribution in [3.8, 4) is 0 Å². The van der Waals surface area contributed by atoms with Gasteiger partial charge in [0.2, 0.25) is 5.91 Å². The Labute approximate surface area is 105 Å². The van der Waals surface area contributed by atoms with Crippen molar-refractivity contribution >= 4 is 17.6 Å². The van der Waals surface area contributed by atoms with Crippen LogP contribution in [0.2, 0.25) is 0 Å². The minimum Gasteiger partial charge on any atom is -0.481 e. The summed E-state index contributed by atoms with van der Waals surface area (Å²) in [5.41, 5.74) is 5.86. The van der Waals surface area contributed by atoms with Crippen molar-refractivity contribution in [2.24, 2.45) is 11.1 Å². The Kier molecular flexibility index (Phi) is 2.98. The molecule has 1 atom stereocenters. The number of carboxylic acids is 1. The van der Waals surface area contributed by atoms with Crippen LogP contribution in [0.25, 0.3) is 0 Å². The van der Waals surface area contributed by atoms with Gasteiger partial charge in [-0.1, -0.05) is 0 Å². The topological polar surface area (TPSA) is 83.6 Å². The SMILES string of the molecule is CC1(C(=O)O)CCN(c2ccc(C(N)=O)cc2)C1. The number of nitrogens with zero attached hydrogens (tertiary/aromatic N) is 1. The molecule has 1 aromatic rings. The van der Waals surface area contributed by atoms with Gasteiger partial charge in [0.05, 0.1) is 5.41 Å². The summed E-state index contributed by atoms with van der Waals surface area (Å²) in [7, 11) is 0. The summed E-state index contributed by atoms with van der Waals surface area (Å²) in [4.78, 5) is 24.1. The Morgan fingerprint density at radius 1 is 1.33 bits per heavy atom. The zero-order valence-corrected chi connectivity index (χ0v) is 10.2. The van der Waals surface area contributed by atoms with Crippen molar-refractivity contribution in [2.45, 2.75) is 13.3 Å². The van der Waals surface area contributed by atoms with E-state index in [2.05, 4.69) is 0 Å². The van der Waals surface area contributed by atoms with Crippen LogP contribution >= 0.6 is 0 Å². The highest BCUT2D eigenvalue weighted by Crippen LogP contribution is 2.33. The van der Waals surface area contributed by atoms with E-state index >= 15 is 0 Å². The third kappa shape index (κ3) is 2.16. The summed E-state index contributed by atoms with van der Waals surface area (Å²) < 4.78 is 0. The molecule has 1 saturated heterocycles. The van der Waals surface area contributed by atoms with Crippen LogP contribution in [0.1, 0.15) is 23.7 Å². The molecular weight excluding hydrogens is 232 g/mol. The zero-order chi connectivity index (χ0) is 13.3. The Balaban J connectivity index is 2.15. The lowest BCUT2D eigenvalue weighted by Gasteiger charge is -2.21. The zero-order valence-electron chi connectivity index (χ0n) is 10.2. The molecule has 0 radical (unpaired) electrons. The second-order valence-electron chi connectivity index (χ2n) is 4.95. The van der Waals surface area contributed by atoms with Gasteiger partial charge in [0.25, 0.3) is 0 Å². The number of primary amides is 1. The number of nitrogens with two attached hydrogens (primary N) is 1. The maximum Gasteiger partial charge on any atom is 0.311 e. The molecule has 1 aliphatic rings. The maximum absolute atomic E-state index is 11.2. The highest BCUT2D eigenvalue weighted by Gasteiger charge is 2.40. The van der Waals surface area contributed by atoms with E-state index in [0.717, 1.165) is 5.69 Å². The minimum absolute atomic E-state index is 0.457. The van der Waals surface area contributed by atoms with Crippen molar-refractivity contribution < 1.29 is 14.7 Å². The van der Waals surface area contributed by atoms with Crippen molar-refractivity contribution in [1.29, 1.82) is 0 Å². The van der Waals surface area contributed by atoms with Gasteiger partial charge in [-0.05, 0) is 37.6 Å². The molecule has 0 spiro atoms. The highest BCUT2D eigenvalue weighted by atomic mass is 16.4. The molecule has 1 unspecified atom stereocenters. The number of anilines is 1. The number of carboxylic acid groups (broad SMARTS) is 1. The van der Waals surface area contributed by atoms with Gasteiger partial charge in [0.15, 0.2) is 0 Å². The van der Waals surface area contributed by atoms with Crippen LogP contribution in [-0.2, 0) is 4.79 Å². The molecule has 1 aliphatic heterocycles. The van der Waals surface area contributed by atoms with Crippen LogP contribution in [0.15, 0.2) is 24.3 Å². The number of amides is 1. The Morgan fingerprint density at radius 2 is 1.94 bits per heavy atom. The lowest BCUT2D eigenvalue weighted by molar-refractivity contribution is -0.146. The predicted octanol–water partition coefficient (Wildman–Crippen LogP) is 1.09. The van der Waals surface area contributed by atoms with Crippen LogP contribution in [0.3, 0.4) is 0 Å². The molecule has 5 nitrogen and oxygen atoms in total. The van der Waals surface area contributed by atoms with E-state index in [1.807, 2.05) is 4.90 Å². The second kappa shape index (κ2) is 4.33. The van der Waals surface area contributed by atoms with Gasteiger partial charge >= 0.3 is 5.97 Å².